The average molecular weight is 241 g/mol. The smallest absolute Gasteiger partial charge is 0.125 e. The van der Waals surface area contributed by atoms with Gasteiger partial charge >= 0.3 is 0 Å². The monoisotopic (exact) mass is 240 g/mol. The molecule has 0 bridgehead atoms. The summed E-state index contributed by atoms with van der Waals surface area (Å²) in [6.45, 7) is 0.357. The van der Waals surface area contributed by atoms with Crippen molar-refractivity contribution in [3.05, 3.63) is 45.1 Å². The molecule has 84 valence electrons. The van der Waals surface area contributed by atoms with E-state index in [0.717, 1.165) is 6.07 Å². The zero-order valence-corrected chi connectivity index (χ0v) is 9.15. The van der Waals surface area contributed by atoms with Crippen molar-refractivity contribution in [2.24, 2.45) is 5.11 Å². The number of nitrogens with zero attached hydrogens (tertiary/aromatic N) is 3. The van der Waals surface area contributed by atoms with E-state index >= 15 is 0 Å². The maximum atomic E-state index is 13.0. The van der Waals surface area contributed by atoms with E-state index in [1.165, 1.54) is 6.07 Å². The minimum absolute atomic E-state index is 0.190. The van der Waals surface area contributed by atoms with Crippen molar-refractivity contribution >= 4 is 23.4 Å². The van der Waals surface area contributed by atoms with Gasteiger partial charge in [0, 0.05) is 17.0 Å². The van der Waals surface area contributed by atoms with E-state index in [0.29, 0.717) is 24.2 Å². The second-order valence-electron chi connectivity index (χ2n) is 3.04. The minimum atomic E-state index is -0.436. The summed E-state index contributed by atoms with van der Waals surface area (Å²) in [6.07, 6.45) is 3.96. The van der Waals surface area contributed by atoms with Crippen LogP contribution in [-0.2, 0) is 0 Å². The van der Waals surface area contributed by atoms with Crippen LogP contribution in [0.3, 0.4) is 0 Å². The largest absolute Gasteiger partial charge is 0.397 e. The number of rotatable bonds is 4. The van der Waals surface area contributed by atoms with Crippen LogP contribution >= 0.6 is 11.6 Å². The van der Waals surface area contributed by atoms with Crippen molar-refractivity contribution in [3.63, 3.8) is 0 Å². The highest BCUT2D eigenvalue weighted by Crippen LogP contribution is 2.25. The van der Waals surface area contributed by atoms with Crippen LogP contribution in [0.25, 0.3) is 16.5 Å². The first-order valence-corrected chi connectivity index (χ1v) is 4.95. The molecule has 4 nitrogen and oxygen atoms in total. The second-order valence-corrected chi connectivity index (χ2v) is 3.44. The highest BCUT2D eigenvalue weighted by molar-refractivity contribution is 6.33. The topological polar surface area (TPSA) is 74.8 Å². The Bertz CT molecular complexity index is 452. The van der Waals surface area contributed by atoms with Crippen LogP contribution in [0.1, 0.15) is 12.0 Å². The van der Waals surface area contributed by atoms with Crippen molar-refractivity contribution in [1.29, 1.82) is 0 Å². The molecule has 1 rings (SSSR count). The van der Waals surface area contributed by atoms with Crippen LogP contribution in [0.4, 0.5) is 10.1 Å². The van der Waals surface area contributed by atoms with Gasteiger partial charge in [0.15, 0.2) is 0 Å². The van der Waals surface area contributed by atoms with Gasteiger partial charge in [0.05, 0.1) is 10.7 Å². The Morgan fingerprint density at radius 2 is 2.31 bits per heavy atom. The Morgan fingerprint density at radius 3 is 3.00 bits per heavy atom. The van der Waals surface area contributed by atoms with Gasteiger partial charge in [0.25, 0.3) is 0 Å². The number of hydrogen-bond donors (Lipinski definition) is 1. The van der Waals surface area contributed by atoms with Gasteiger partial charge in [-0.05, 0) is 24.1 Å². The highest BCUT2D eigenvalue weighted by atomic mass is 35.5. The standard InChI is InChI=1S/C10H10ClFN4/c11-9-6-8(12)5-7(10(9)13)3-1-2-4-15-16-14/h1,3,5-6H,2,4,13H2. The molecule has 0 heterocycles. The van der Waals surface area contributed by atoms with Crippen LogP contribution in [0.2, 0.25) is 5.02 Å². The molecule has 6 heteroatoms. The lowest BCUT2D eigenvalue weighted by atomic mass is 10.1. The van der Waals surface area contributed by atoms with Crippen LogP contribution in [0.5, 0.6) is 0 Å². The number of hydrogen-bond acceptors (Lipinski definition) is 2. The van der Waals surface area contributed by atoms with Crippen LogP contribution < -0.4 is 5.73 Å². The number of halogens is 2. The molecule has 0 aliphatic heterocycles. The van der Waals surface area contributed by atoms with Crippen LogP contribution in [0.15, 0.2) is 23.3 Å². The van der Waals surface area contributed by atoms with Crippen molar-refractivity contribution in [3.8, 4) is 0 Å². The van der Waals surface area contributed by atoms with Crippen LogP contribution in [0, 0.1) is 5.82 Å². The molecule has 16 heavy (non-hydrogen) atoms. The van der Waals surface area contributed by atoms with Gasteiger partial charge in [-0.25, -0.2) is 4.39 Å². The molecule has 2 N–H and O–H groups in total. The summed E-state index contributed by atoms with van der Waals surface area (Å²) in [5.74, 6) is -0.436. The summed E-state index contributed by atoms with van der Waals surface area (Å²) in [7, 11) is 0. The lowest BCUT2D eigenvalue weighted by Gasteiger charge is -2.02. The predicted octanol–water partition coefficient (Wildman–Crippen LogP) is 3.77. The Hall–Kier alpha value is -1.71. The van der Waals surface area contributed by atoms with Gasteiger partial charge in [-0.15, -0.1) is 0 Å². The Balaban J connectivity index is 2.76. The lowest BCUT2D eigenvalue weighted by molar-refractivity contribution is 0.628. The highest BCUT2D eigenvalue weighted by Gasteiger charge is 2.03. The molecule has 0 spiro atoms. The maximum Gasteiger partial charge on any atom is 0.125 e. The minimum Gasteiger partial charge on any atom is -0.397 e. The number of nitrogens with two attached hydrogens (primary N) is 1. The van der Waals surface area contributed by atoms with E-state index in [9.17, 15) is 4.39 Å². The van der Waals surface area contributed by atoms with Gasteiger partial charge in [0.2, 0.25) is 0 Å². The summed E-state index contributed by atoms with van der Waals surface area (Å²) in [5.41, 5.74) is 14.6. The lowest BCUT2D eigenvalue weighted by Crippen LogP contribution is -1.92. The third-order valence-electron chi connectivity index (χ3n) is 1.88. The quantitative estimate of drug-likeness (QED) is 0.281. The number of nitrogen functional groups attached to an aromatic ring is 1. The molecular formula is C10H10ClFN4. The van der Waals surface area contributed by atoms with E-state index in [1.807, 2.05) is 0 Å². The number of benzene rings is 1. The van der Waals surface area contributed by atoms with Gasteiger partial charge in [0.1, 0.15) is 5.82 Å². The normalized spacial score (nSPS) is 10.4. The molecule has 0 atom stereocenters. The van der Waals surface area contributed by atoms with Gasteiger partial charge in [-0.1, -0.05) is 28.9 Å². The third kappa shape index (κ3) is 3.46. The summed E-state index contributed by atoms with van der Waals surface area (Å²) in [4.78, 5) is 2.61. The fourth-order valence-corrected chi connectivity index (χ4v) is 1.34. The number of anilines is 1. The average Bonchev–Trinajstić information content (AvgIpc) is 2.24. The van der Waals surface area contributed by atoms with Gasteiger partial charge in [-0.3, -0.25) is 0 Å². The molecule has 0 saturated heterocycles. The van der Waals surface area contributed by atoms with Crippen LogP contribution in [-0.4, -0.2) is 6.54 Å². The van der Waals surface area contributed by atoms with E-state index in [4.69, 9.17) is 22.9 Å². The fraction of sp³-hybridized carbons (Fsp3) is 0.200. The molecule has 0 saturated carbocycles. The van der Waals surface area contributed by atoms with Gasteiger partial charge < -0.3 is 5.73 Å². The zero-order valence-electron chi connectivity index (χ0n) is 8.40. The molecule has 0 aromatic heterocycles. The van der Waals surface area contributed by atoms with E-state index < -0.39 is 5.82 Å². The zero-order chi connectivity index (χ0) is 12.0. The molecule has 1 aromatic carbocycles. The first-order chi connectivity index (χ1) is 7.65. The summed E-state index contributed by atoms with van der Waals surface area (Å²) >= 11 is 5.72. The molecule has 0 radical (unpaired) electrons. The molecule has 0 aliphatic rings. The predicted molar refractivity (Wildman–Crippen MR) is 63.5 cm³/mol. The number of azide groups is 1. The Kier molecular flexibility index (Phi) is 4.64. The maximum absolute atomic E-state index is 13.0. The third-order valence-corrected chi connectivity index (χ3v) is 2.20. The summed E-state index contributed by atoms with van der Waals surface area (Å²) in [6, 6.07) is 2.46. The summed E-state index contributed by atoms with van der Waals surface area (Å²) in [5, 5.41) is 3.55. The van der Waals surface area contributed by atoms with Gasteiger partial charge in [-0.2, -0.15) is 0 Å². The molecule has 0 unspecified atom stereocenters. The van der Waals surface area contributed by atoms with Crippen molar-refractivity contribution in [2.45, 2.75) is 6.42 Å². The van der Waals surface area contributed by atoms with Crippen molar-refractivity contribution in [1.82, 2.24) is 0 Å². The van der Waals surface area contributed by atoms with E-state index in [-0.39, 0.29) is 5.02 Å². The van der Waals surface area contributed by atoms with Crippen molar-refractivity contribution in [2.75, 3.05) is 12.3 Å². The first-order valence-electron chi connectivity index (χ1n) is 4.57. The molecule has 0 amide bonds. The molecular weight excluding hydrogens is 231 g/mol. The van der Waals surface area contributed by atoms with Crippen molar-refractivity contribution < 1.29 is 4.39 Å². The molecule has 1 aromatic rings. The molecule has 0 fully saturated rings. The first kappa shape index (κ1) is 12.4. The van der Waals surface area contributed by atoms with E-state index in [2.05, 4.69) is 10.0 Å². The Morgan fingerprint density at radius 1 is 1.56 bits per heavy atom. The Labute approximate surface area is 97.1 Å². The molecule has 0 aliphatic carbocycles. The fourth-order valence-electron chi connectivity index (χ4n) is 1.13. The van der Waals surface area contributed by atoms with E-state index in [1.54, 1.807) is 12.2 Å². The summed E-state index contributed by atoms with van der Waals surface area (Å²) < 4.78 is 13.0. The second kappa shape index (κ2) is 6.00. The SMILES string of the molecule is [N-]=[N+]=NCCC=Cc1cc(F)cc(Cl)c1N.